The van der Waals surface area contributed by atoms with Crippen molar-refractivity contribution in [1.29, 1.82) is 0 Å². The van der Waals surface area contributed by atoms with E-state index in [9.17, 15) is 4.79 Å². The number of carbonyl (C=O) groups is 1. The molecule has 1 atom stereocenters. The van der Waals surface area contributed by atoms with E-state index in [0.717, 1.165) is 37.1 Å². The molecule has 0 aromatic heterocycles. The molecule has 1 fully saturated rings. The Hall–Kier alpha value is -1.51. The van der Waals surface area contributed by atoms with Crippen LogP contribution >= 0.6 is 0 Å². The van der Waals surface area contributed by atoms with Crippen molar-refractivity contribution in [1.82, 2.24) is 4.90 Å². The third-order valence-electron chi connectivity index (χ3n) is 3.71. The summed E-state index contributed by atoms with van der Waals surface area (Å²) in [5, 5.41) is 0. The van der Waals surface area contributed by atoms with E-state index >= 15 is 0 Å². The van der Waals surface area contributed by atoms with Crippen LogP contribution in [-0.4, -0.2) is 30.5 Å². The van der Waals surface area contributed by atoms with E-state index < -0.39 is 0 Å². The fourth-order valence-corrected chi connectivity index (χ4v) is 2.80. The summed E-state index contributed by atoms with van der Waals surface area (Å²) in [6.45, 7) is 4.63. The summed E-state index contributed by atoms with van der Waals surface area (Å²) in [6.07, 6.45) is 3.19. The van der Waals surface area contributed by atoms with Gasteiger partial charge in [0.05, 0.1) is 7.11 Å². The first-order valence-electron chi connectivity index (χ1n) is 6.52. The molecule has 1 aromatic carbocycles. The lowest BCUT2D eigenvalue weighted by Crippen LogP contribution is -2.34. The Labute approximate surface area is 109 Å². The molecule has 3 nitrogen and oxygen atoms in total. The van der Waals surface area contributed by atoms with Gasteiger partial charge >= 0.3 is 0 Å². The van der Waals surface area contributed by atoms with Crippen molar-refractivity contribution < 1.29 is 9.53 Å². The quantitative estimate of drug-likeness (QED) is 0.821. The second-order valence-corrected chi connectivity index (χ2v) is 5.02. The highest BCUT2D eigenvalue weighted by molar-refractivity contribution is 5.73. The Morgan fingerprint density at radius 1 is 1.50 bits per heavy atom. The summed E-state index contributed by atoms with van der Waals surface area (Å²) in [7, 11) is 1.69. The molecule has 1 aromatic rings. The molecule has 2 rings (SSSR count). The van der Waals surface area contributed by atoms with Crippen molar-refractivity contribution in [2.24, 2.45) is 0 Å². The zero-order chi connectivity index (χ0) is 13.1. The number of likely N-dealkylation sites (tertiary alicyclic amines) is 1. The summed E-state index contributed by atoms with van der Waals surface area (Å²) in [5.41, 5.74) is 2.44. The predicted octanol–water partition coefficient (Wildman–Crippen LogP) is 2.56. The van der Waals surface area contributed by atoms with Crippen molar-refractivity contribution in [3.8, 4) is 5.75 Å². The van der Waals surface area contributed by atoms with Gasteiger partial charge in [-0.05, 0) is 43.4 Å². The average molecular weight is 247 g/mol. The molecule has 0 radical (unpaired) electrons. The summed E-state index contributed by atoms with van der Waals surface area (Å²) < 4.78 is 5.26. The van der Waals surface area contributed by atoms with Gasteiger partial charge in [0.1, 0.15) is 5.75 Å². The third-order valence-corrected chi connectivity index (χ3v) is 3.71. The zero-order valence-corrected chi connectivity index (χ0v) is 11.4. The molecule has 1 amide bonds. The molecule has 0 aliphatic carbocycles. The maximum atomic E-state index is 11.5. The van der Waals surface area contributed by atoms with E-state index in [1.165, 1.54) is 5.56 Å². The van der Waals surface area contributed by atoms with E-state index in [1.807, 2.05) is 11.0 Å². The van der Waals surface area contributed by atoms with Crippen LogP contribution in [-0.2, 0) is 11.2 Å². The van der Waals surface area contributed by atoms with Crippen LogP contribution in [0.3, 0.4) is 0 Å². The van der Waals surface area contributed by atoms with Gasteiger partial charge in [-0.15, -0.1) is 0 Å². The van der Waals surface area contributed by atoms with Crippen molar-refractivity contribution in [2.75, 3.05) is 13.7 Å². The Kier molecular flexibility index (Phi) is 3.90. The molecule has 3 heteroatoms. The van der Waals surface area contributed by atoms with E-state index in [2.05, 4.69) is 19.1 Å². The normalized spacial score (nSPS) is 19.1. The minimum atomic E-state index is 0.197. The smallest absolute Gasteiger partial charge is 0.219 e. The molecule has 0 saturated carbocycles. The van der Waals surface area contributed by atoms with Gasteiger partial charge in [0.2, 0.25) is 5.91 Å². The molecule has 98 valence electrons. The summed E-state index contributed by atoms with van der Waals surface area (Å²) in [4.78, 5) is 13.5. The molecule has 1 saturated heterocycles. The van der Waals surface area contributed by atoms with E-state index in [1.54, 1.807) is 14.0 Å². The Morgan fingerprint density at radius 2 is 2.28 bits per heavy atom. The Balaban J connectivity index is 2.09. The number of ether oxygens (including phenoxy) is 1. The SMILES string of the molecule is COc1ccc(CC2CCCN2C(C)=O)cc1C. The molecule has 1 heterocycles. The van der Waals surface area contributed by atoms with Gasteiger partial charge in [-0.25, -0.2) is 0 Å². The van der Waals surface area contributed by atoms with Crippen molar-refractivity contribution in [3.05, 3.63) is 29.3 Å². The molecular formula is C15H21NO2. The van der Waals surface area contributed by atoms with Crippen LogP contribution in [0.4, 0.5) is 0 Å². The van der Waals surface area contributed by atoms with Crippen molar-refractivity contribution >= 4 is 5.91 Å². The molecule has 0 spiro atoms. The van der Waals surface area contributed by atoms with Gasteiger partial charge < -0.3 is 9.64 Å². The Bertz CT molecular complexity index is 442. The standard InChI is InChI=1S/C15H21NO2/c1-11-9-13(6-7-15(11)18-3)10-14-5-4-8-16(14)12(2)17/h6-7,9,14H,4-5,8,10H2,1-3H3. The second-order valence-electron chi connectivity index (χ2n) is 5.02. The number of amides is 1. The fourth-order valence-electron chi connectivity index (χ4n) is 2.80. The van der Waals surface area contributed by atoms with Crippen molar-refractivity contribution in [3.63, 3.8) is 0 Å². The van der Waals surface area contributed by atoms with E-state index in [0.29, 0.717) is 6.04 Å². The monoisotopic (exact) mass is 247 g/mol. The van der Waals surface area contributed by atoms with Gasteiger partial charge in [-0.3, -0.25) is 4.79 Å². The lowest BCUT2D eigenvalue weighted by molar-refractivity contribution is -0.129. The van der Waals surface area contributed by atoms with Crippen LogP contribution in [0.25, 0.3) is 0 Å². The maximum absolute atomic E-state index is 11.5. The van der Waals surface area contributed by atoms with Gasteiger partial charge in [-0.1, -0.05) is 12.1 Å². The number of benzene rings is 1. The molecule has 0 bridgehead atoms. The second kappa shape index (κ2) is 5.42. The average Bonchev–Trinajstić information content (AvgIpc) is 2.77. The Morgan fingerprint density at radius 3 is 2.89 bits per heavy atom. The first-order valence-corrected chi connectivity index (χ1v) is 6.52. The number of hydrogen-bond acceptors (Lipinski definition) is 2. The summed E-state index contributed by atoms with van der Waals surface area (Å²) in [6, 6.07) is 6.64. The fraction of sp³-hybridized carbons (Fsp3) is 0.533. The van der Waals surface area contributed by atoms with Gasteiger partial charge in [0, 0.05) is 19.5 Å². The van der Waals surface area contributed by atoms with Crippen LogP contribution in [0.1, 0.15) is 30.9 Å². The summed E-state index contributed by atoms with van der Waals surface area (Å²) >= 11 is 0. The molecule has 1 aliphatic heterocycles. The number of hydrogen-bond donors (Lipinski definition) is 0. The van der Waals surface area contributed by atoms with Crippen LogP contribution in [0.15, 0.2) is 18.2 Å². The summed E-state index contributed by atoms with van der Waals surface area (Å²) in [5.74, 6) is 1.12. The molecule has 1 aliphatic rings. The van der Waals surface area contributed by atoms with Crippen LogP contribution in [0, 0.1) is 6.92 Å². The molecular weight excluding hydrogens is 226 g/mol. The van der Waals surface area contributed by atoms with Crippen LogP contribution < -0.4 is 4.74 Å². The van der Waals surface area contributed by atoms with Gasteiger partial charge in [-0.2, -0.15) is 0 Å². The minimum absolute atomic E-state index is 0.197. The van der Waals surface area contributed by atoms with E-state index in [4.69, 9.17) is 4.74 Å². The van der Waals surface area contributed by atoms with Gasteiger partial charge in [0.15, 0.2) is 0 Å². The van der Waals surface area contributed by atoms with E-state index in [-0.39, 0.29) is 5.91 Å². The molecule has 18 heavy (non-hydrogen) atoms. The van der Waals surface area contributed by atoms with Crippen LogP contribution in [0.5, 0.6) is 5.75 Å². The zero-order valence-electron chi connectivity index (χ0n) is 11.4. The maximum Gasteiger partial charge on any atom is 0.219 e. The molecule has 0 N–H and O–H groups in total. The predicted molar refractivity (Wildman–Crippen MR) is 71.8 cm³/mol. The number of aryl methyl sites for hydroxylation is 1. The number of carbonyl (C=O) groups excluding carboxylic acids is 1. The molecule has 1 unspecified atom stereocenters. The highest BCUT2D eigenvalue weighted by Gasteiger charge is 2.26. The number of rotatable bonds is 3. The van der Waals surface area contributed by atoms with Crippen LogP contribution in [0.2, 0.25) is 0 Å². The first-order chi connectivity index (χ1) is 8.61. The van der Waals surface area contributed by atoms with Crippen molar-refractivity contribution in [2.45, 2.75) is 39.2 Å². The highest BCUT2D eigenvalue weighted by Crippen LogP contribution is 2.24. The minimum Gasteiger partial charge on any atom is -0.496 e. The van der Waals surface area contributed by atoms with Gasteiger partial charge in [0.25, 0.3) is 0 Å². The topological polar surface area (TPSA) is 29.5 Å². The lowest BCUT2D eigenvalue weighted by Gasteiger charge is -2.23. The largest absolute Gasteiger partial charge is 0.496 e. The highest BCUT2D eigenvalue weighted by atomic mass is 16.5. The first kappa shape index (κ1) is 12.9. The number of methoxy groups -OCH3 is 1. The lowest BCUT2D eigenvalue weighted by atomic mass is 10.0. The third kappa shape index (κ3) is 2.66. The number of nitrogens with zero attached hydrogens (tertiary/aromatic N) is 1.